The smallest absolute Gasteiger partial charge is 0.187 e. The van der Waals surface area contributed by atoms with E-state index in [0.29, 0.717) is 5.69 Å². The van der Waals surface area contributed by atoms with E-state index >= 15 is 0 Å². The van der Waals surface area contributed by atoms with E-state index in [2.05, 4.69) is 102 Å². The van der Waals surface area contributed by atoms with Crippen LogP contribution in [-0.4, -0.2) is 4.98 Å². The van der Waals surface area contributed by atoms with Gasteiger partial charge in [-0.05, 0) is 32.7 Å². The summed E-state index contributed by atoms with van der Waals surface area (Å²) in [6.07, 6.45) is 0. The van der Waals surface area contributed by atoms with Gasteiger partial charge in [0, 0.05) is 21.7 Å². The fraction of sp³-hybridized carbons (Fsp3) is 0. The predicted octanol–water partition coefficient (Wildman–Crippen LogP) is 9.58. The minimum Gasteiger partial charge on any atom is -0.246 e. The molecule has 36 heavy (non-hydrogen) atoms. The second-order valence-corrected chi connectivity index (χ2v) is 9.06. The van der Waals surface area contributed by atoms with Crippen molar-refractivity contribution in [3.8, 4) is 22.4 Å². The molecule has 1 aromatic heterocycles. The van der Waals surface area contributed by atoms with Gasteiger partial charge in [-0.25, -0.2) is 9.83 Å². The van der Waals surface area contributed by atoms with Crippen LogP contribution in [-0.2, 0) is 0 Å². The SMILES string of the molecule is [C-]#[N+]c1ccc(-c2ccc(-c3nc4c5ccccc5c5ccccc5c4c4ccccc34)cc2)cc1. The van der Waals surface area contributed by atoms with E-state index in [4.69, 9.17) is 11.6 Å². The molecule has 0 spiro atoms. The zero-order valence-corrected chi connectivity index (χ0v) is 19.4. The Morgan fingerprint density at radius 3 is 1.50 bits per heavy atom. The molecule has 0 N–H and O–H groups in total. The molecule has 2 heteroatoms. The summed E-state index contributed by atoms with van der Waals surface area (Å²) in [5.74, 6) is 0. The zero-order valence-electron chi connectivity index (χ0n) is 19.4. The number of nitrogens with zero attached hydrogens (tertiary/aromatic N) is 2. The zero-order chi connectivity index (χ0) is 24.1. The first-order chi connectivity index (χ1) is 17.8. The standard InChI is InChI=1S/C34H20N2/c1-35-25-20-18-23(19-21-25)22-14-16-24(17-15-22)33-31-13-7-5-11-29(31)32-28-10-4-2-8-26(28)27-9-3-6-12-30(27)34(32)36-33/h2-21H. The van der Waals surface area contributed by atoms with Crippen LogP contribution in [0.3, 0.4) is 0 Å². The molecule has 0 radical (unpaired) electrons. The first kappa shape index (κ1) is 20.4. The molecule has 0 saturated heterocycles. The van der Waals surface area contributed by atoms with Crippen molar-refractivity contribution in [3.05, 3.63) is 133 Å². The number of hydrogen-bond donors (Lipinski definition) is 0. The van der Waals surface area contributed by atoms with E-state index in [0.717, 1.165) is 33.3 Å². The Kier molecular flexibility index (Phi) is 4.55. The number of rotatable bonds is 2. The Morgan fingerprint density at radius 1 is 0.444 bits per heavy atom. The highest BCUT2D eigenvalue weighted by Gasteiger charge is 2.16. The van der Waals surface area contributed by atoms with Gasteiger partial charge in [0.15, 0.2) is 5.69 Å². The van der Waals surface area contributed by atoms with Crippen molar-refractivity contribution in [2.75, 3.05) is 0 Å². The van der Waals surface area contributed by atoms with Crippen molar-refractivity contribution >= 4 is 48.9 Å². The van der Waals surface area contributed by atoms with Crippen LogP contribution < -0.4 is 0 Å². The Morgan fingerprint density at radius 2 is 0.889 bits per heavy atom. The number of fused-ring (bicyclic) bond motifs is 8. The lowest BCUT2D eigenvalue weighted by Crippen LogP contribution is -1.92. The van der Waals surface area contributed by atoms with Crippen LogP contribution >= 0.6 is 0 Å². The largest absolute Gasteiger partial charge is 0.246 e. The molecular weight excluding hydrogens is 436 g/mol. The van der Waals surface area contributed by atoms with Gasteiger partial charge >= 0.3 is 0 Å². The maximum atomic E-state index is 7.18. The maximum absolute atomic E-state index is 7.18. The van der Waals surface area contributed by atoms with Crippen LogP contribution in [0.15, 0.2) is 121 Å². The summed E-state index contributed by atoms with van der Waals surface area (Å²) in [7, 11) is 0. The van der Waals surface area contributed by atoms with Crippen molar-refractivity contribution in [1.29, 1.82) is 0 Å². The number of aromatic nitrogens is 1. The third-order valence-electron chi connectivity index (χ3n) is 7.07. The molecule has 166 valence electrons. The van der Waals surface area contributed by atoms with Gasteiger partial charge in [-0.15, -0.1) is 0 Å². The van der Waals surface area contributed by atoms with Crippen molar-refractivity contribution in [3.63, 3.8) is 0 Å². The Bertz CT molecular complexity index is 1980. The Balaban J connectivity index is 1.51. The summed E-state index contributed by atoms with van der Waals surface area (Å²) in [5, 5.41) is 8.48. The Hall–Kier alpha value is -5.00. The molecule has 6 aromatic carbocycles. The molecule has 0 amide bonds. The molecule has 7 aromatic rings. The third-order valence-corrected chi connectivity index (χ3v) is 7.07. The van der Waals surface area contributed by atoms with Crippen molar-refractivity contribution < 1.29 is 0 Å². The van der Waals surface area contributed by atoms with E-state index in [9.17, 15) is 0 Å². The molecule has 1 heterocycles. The van der Waals surface area contributed by atoms with Gasteiger partial charge in [-0.1, -0.05) is 121 Å². The summed E-state index contributed by atoms with van der Waals surface area (Å²) in [5.41, 5.74) is 6.00. The number of hydrogen-bond acceptors (Lipinski definition) is 1. The lowest BCUT2D eigenvalue weighted by molar-refractivity contribution is 1.44. The van der Waals surface area contributed by atoms with Gasteiger partial charge in [0.25, 0.3) is 0 Å². The van der Waals surface area contributed by atoms with E-state index in [-0.39, 0.29) is 0 Å². The molecule has 0 unspecified atom stereocenters. The summed E-state index contributed by atoms with van der Waals surface area (Å²) in [6, 6.07) is 42.2. The summed E-state index contributed by atoms with van der Waals surface area (Å²) >= 11 is 0. The van der Waals surface area contributed by atoms with Crippen LogP contribution in [0.2, 0.25) is 0 Å². The van der Waals surface area contributed by atoms with Crippen LogP contribution in [0.5, 0.6) is 0 Å². The molecule has 0 aliphatic carbocycles. The minimum absolute atomic E-state index is 0.655. The lowest BCUT2D eigenvalue weighted by Gasteiger charge is -2.15. The molecular formula is C34H20N2. The molecule has 0 saturated carbocycles. The van der Waals surface area contributed by atoms with Gasteiger partial charge in [0.05, 0.1) is 17.8 Å². The summed E-state index contributed by atoms with van der Waals surface area (Å²) in [6.45, 7) is 7.18. The third kappa shape index (κ3) is 3.07. The second-order valence-electron chi connectivity index (χ2n) is 9.06. The van der Waals surface area contributed by atoms with Crippen LogP contribution in [0.25, 0.3) is 70.4 Å². The highest BCUT2D eigenvalue weighted by atomic mass is 14.7. The van der Waals surface area contributed by atoms with Crippen LogP contribution in [0, 0.1) is 6.57 Å². The molecule has 2 nitrogen and oxygen atoms in total. The average molecular weight is 457 g/mol. The molecule has 0 aliphatic rings. The van der Waals surface area contributed by atoms with E-state index in [1.165, 1.54) is 32.3 Å². The monoisotopic (exact) mass is 456 g/mol. The van der Waals surface area contributed by atoms with Gasteiger partial charge < -0.3 is 0 Å². The summed E-state index contributed by atoms with van der Waals surface area (Å²) in [4.78, 5) is 8.84. The van der Waals surface area contributed by atoms with E-state index in [1.54, 1.807) is 0 Å². The molecule has 0 aliphatic heterocycles. The first-order valence-corrected chi connectivity index (χ1v) is 12.0. The topological polar surface area (TPSA) is 17.2 Å². The fourth-order valence-electron chi connectivity index (χ4n) is 5.36. The van der Waals surface area contributed by atoms with Crippen LogP contribution in [0.1, 0.15) is 0 Å². The summed E-state index contributed by atoms with van der Waals surface area (Å²) < 4.78 is 0. The fourth-order valence-corrected chi connectivity index (χ4v) is 5.36. The lowest BCUT2D eigenvalue weighted by atomic mass is 9.92. The van der Waals surface area contributed by atoms with Gasteiger partial charge in [-0.3, -0.25) is 0 Å². The number of pyridine rings is 1. The maximum Gasteiger partial charge on any atom is 0.187 e. The highest BCUT2D eigenvalue weighted by Crippen LogP contribution is 2.40. The van der Waals surface area contributed by atoms with Crippen molar-refractivity contribution in [2.24, 2.45) is 0 Å². The predicted molar refractivity (Wildman–Crippen MR) is 151 cm³/mol. The first-order valence-electron chi connectivity index (χ1n) is 12.0. The van der Waals surface area contributed by atoms with Gasteiger partial charge in [0.1, 0.15) is 0 Å². The molecule has 0 atom stereocenters. The minimum atomic E-state index is 0.655. The Labute approximate surface area is 208 Å². The van der Waals surface area contributed by atoms with Gasteiger partial charge in [-0.2, -0.15) is 0 Å². The normalized spacial score (nSPS) is 11.3. The van der Waals surface area contributed by atoms with E-state index < -0.39 is 0 Å². The van der Waals surface area contributed by atoms with Gasteiger partial charge in [0.2, 0.25) is 0 Å². The van der Waals surface area contributed by atoms with E-state index in [1.807, 2.05) is 24.3 Å². The highest BCUT2D eigenvalue weighted by molar-refractivity contribution is 6.31. The average Bonchev–Trinajstić information content (AvgIpc) is 2.97. The molecule has 0 fully saturated rings. The quantitative estimate of drug-likeness (QED) is 0.187. The van der Waals surface area contributed by atoms with Crippen molar-refractivity contribution in [1.82, 2.24) is 4.98 Å². The molecule has 7 rings (SSSR count). The molecule has 0 bridgehead atoms. The number of benzene rings is 6. The van der Waals surface area contributed by atoms with Crippen molar-refractivity contribution in [2.45, 2.75) is 0 Å². The van der Waals surface area contributed by atoms with Crippen LogP contribution in [0.4, 0.5) is 5.69 Å². The second kappa shape index (κ2) is 8.05.